The Kier molecular flexibility index (Phi) is 3.14. The molecular formula is C12H17FO. The van der Waals surface area contributed by atoms with E-state index in [1.54, 1.807) is 0 Å². The van der Waals surface area contributed by atoms with Gasteiger partial charge in [0.1, 0.15) is 18.0 Å². The van der Waals surface area contributed by atoms with Crippen LogP contribution in [0.3, 0.4) is 0 Å². The standard InChI is InChI=1S/C12H17FO/c1-9-5-6-11(10(2)7-9)14-8-12(3,4)13/h5-7H,8H2,1-4H3. The lowest BCUT2D eigenvalue weighted by atomic mass is 10.1. The van der Waals surface area contributed by atoms with Crippen molar-refractivity contribution in [1.29, 1.82) is 0 Å². The molecule has 0 fully saturated rings. The fourth-order valence-corrected chi connectivity index (χ4v) is 1.21. The van der Waals surface area contributed by atoms with E-state index in [0.717, 1.165) is 11.3 Å². The molecule has 14 heavy (non-hydrogen) atoms. The van der Waals surface area contributed by atoms with Gasteiger partial charge in [0.25, 0.3) is 0 Å². The monoisotopic (exact) mass is 196 g/mol. The maximum atomic E-state index is 13.2. The number of ether oxygens (including phenoxy) is 1. The first-order chi connectivity index (χ1) is 6.38. The lowest BCUT2D eigenvalue weighted by molar-refractivity contribution is 0.120. The highest BCUT2D eigenvalue weighted by Crippen LogP contribution is 2.20. The minimum Gasteiger partial charge on any atom is -0.490 e. The summed E-state index contributed by atoms with van der Waals surface area (Å²) in [6.45, 7) is 7.10. The first-order valence-corrected chi connectivity index (χ1v) is 4.77. The molecule has 0 saturated heterocycles. The molecule has 0 spiro atoms. The van der Waals surface area contributed by atoms with Gasteiger partial charge in [0.2, 0.25) is 0 Å². The van der Waals surface area contributed by atoms with Gasteiger partial charge in [0.05, 0.1) is 0 Å². The minimum atomic E-state index is -1.28. The molecule has 0 N–H and O–H groups in total. The number of rotatable bonds is 3. The van der Waals surface area contributed by atoms with Crippen LogP contribution in [-0.2, 0) is 0 Å². The molecule has 1 aromatic carbocycles. The van der Waals surface area contributed by atoms with Gasteiger partial charge in [-0.25, -0.2) is 4.39 Å². The van der Waals surface area contributed by atoms with E-state index >= 15 is 0 Å². The van der Waals surface area contributed by atoms with E-state index < -0.39 is 5.67 Å². The first-order valence-electron chi connectivity index (χ1n) is 4.77. The average Bonchev–Trinajstić information content (AvgIpc) is 2.00. The smallest absolute Gasteiger partial charge is 0.139 e. The molecule has 1 nitrogen and oxygen atoms in total. The number of alkyl halides is 1. The summed E-state index contributed by atoms with van der Waals surface area (Å²) in [4.78, 5) is 0. The highest BCUT2D eigenvalue weighted by Gasteiger charge is 2.16. The van der Waals surface area contributed by atoms with Crippen LogP contribution >= 0.6 is 0 Å². The maximum Gasteiger partial charge on any atom is 0.139 e. The zero-order valence-corrected chi connectivity index (χ0v) is 9.23. The van der Waals surface area contributed by atoms with Crippen LogP contribution < -0.4 is 4.74 Å². The topological polar surface area (TPSA) is 9.23 Å². The highest BCUT2D eigenvalue weighted by molar-refractivity contribution is 5.35. The molecule has 0 aromatic heterocycles. The van der Waals surface area contributed by atoms with E-state index in [0.29, 0.717) is 0 Å². The van der Waals surface area contributed by atoms with E-state index in [9.17, 15) is 4.39 Å². The molecule has 0 amide bonds. The largest absolute Gasteiger partial charge is 0.490 e. The molecule has 1 rings (SSSR count). The molecule has 0 heterocycles. The fraction of sp³-hybridized carbons (Fsp3) is 0.500. The van der Waals surface area contributed by atoms with Crippen molar-refractivity contribution in [3.8, 4) is 5.75 Å². The van der Waals surface area contributed by atoms with Crippen molar-refractivity contribution >= 4 is 0 Å². The molecule has 0 saturated carbocycles. The molecule has 0 atom stereocenters. The maximum absolute atomic E-state index is 13.2. The zero-order valence-electron chi connectivity index (χ0n) is 9.23. The van der Waals surface area contributed by atoms with Gasteiger partial charge >= 0.3 is 0 Å². The Hall–Kier alpha value is -1.05. The molecule has 0 aliphatic rings. The van der Waals surface area contributed by atoms with Gasteiger partial charge in [0, 0.05) is 0 Å². The van der Waals surface area contributed by atoms with E-state index in [-0.39, 0.29) is 6.61 Å². The number of benzene rings is 1. The molecular weight excluding hydrogens is 179 g/mol. The summed E-state index contributed by atoms with van der Waals surface area (Å²) in [6, 6.07) is 5.88. The Morgan fingerprint density at radius 3 is 2.43 bits per heavy atom. The molecule has 0 unspecified atom stereocenters. The van der Waals surface area contributed by atoms with Gasteiger partial charge in [-0.3, -0.25) is 0 Å². The third-order valence-electron chi connectivity index (χ3n) is 1.90. The SMILES string of the molecule is Cc1ccc(OCC(C)(C)F)c(C)c1. The van der Waals surface area contributed by atoms with Crippen LogP contribution in [-0.4, -0.2) is 12.3 Å². The summed E-state index contributed by atoms with van der Waals surface area (Å²) in [5, 5.41) is 0. The van der Waals surface area contributed by atoms with Crippen molar-refractivity contribution in [2.24, 2.45) is 0 Å². The molecule has 0 aliphatic carbocycles. The Morgan fingerprint density at radius 2 is 1.93 bits per heavy atom. The first kappa shape index (κ1) is 11.0. The Balaban J connectivity index is 2.68. The Labute approximate surface area is 84.9 Å². The van der Waals surface area contributed by atoms with Crippen molar-refractivity contribution < 1.29 is 9.13 Å². The lowest BCUT2D eigenvalue weighted by Gasteiger charge is -2.16. The minimum absolute atomic E-state index is 0.0941. The predicted molar refractivity (Wildman–Crippen MR) is 56.6 cm³/mol. The van der Waals surface area contributed by atoms with Crippen molar-refractivity contribution in [3.05, 3.63) is 29.3 Å². The van der Waals surface area contributed by atoms with Gasteiger partial charge in [-0.2, -0.15) is 0 Å². The molecule has 2 heteroatoms. The quantitative estimate of drug-likeness (QED) is 0.719. The lowest BCUT2D eigenvalue weighted by Crippen LogP contribution is -2.22. The number of hydrogen-bond acceptors (Lipinski definition) is 1. The van der Waals surface area contributed by atoms with Gasteiger partial charge in [-0.15, -0.1) is 0 Å². The normalized spacial score (nSPS) is 11.5. The summed E-state index contributed by atoms with van der Waals surface area (Å²) in [5.74, 6) is 0.765. The third-order valence-corrected chi connectivity index (χ3v) is 1.90. The van der Waals surface area contributed by atoms with E-state index in [1.807, 2.05) is 32.0 Å². The summed E-state index contributed by atoms with van der Waals surface area (Å²) < 4.78 is 18.5. The van der Waals surface area contributed by atoms with Crippen molar-refractivity contribution in [2.75, 3.05) is 6.61 Å². The summed E-state index contributed by atoms with van der Waals surface area (Å²) in [7, 11) is 0. The second-order valence-electron chi connectivity index (χ2n) is 4.28. The van der Waals surface area contributed by atoms with Gasteiger partial charge in [0.15, 0.2) is 0 Å². The van der Waals surface area contributed by atoms with Gasteiger partial charge in [-0.1, -0.05) is 17.7 Å². The van der Waals surface area contributed by atoms with Crippen LogP contribution in [0.15, 0.2) is 18.2 Å². The van der Waals surface area contributed by atoms with Gasteiger partial charge < -0.3 is 4.74 Å². The fourth-order valence-electron chi connectivity index (χ4n) is 1.21. The summed E-state index contributed by atoms with van der Waals surface area (Å²) >= 11 is 0. The third kappa shape index (κ3) is 3.36. The van der Waals surface area contributed by atoms with E-state index in [4.69, 9.17) is 4.74 Å². The van der Waals surface area contributed by atoms with Crippen molar-refractivity contribution in [2.45, 2.75) is 33.4 Å². The van der Waals surface area contributed by atoms with Crippen molar-refractivity contribution in [1.82, 2.24) is 0 Å². The van der Waals surface area contributed by atoms with Crippen LogP contribution in [0, 0.1) is 13.8 Å². The average molecular weight is 196 g/mol. The van der Waals surface area contributed by atoms with Crippen LogP contribution in [0.5, 0.6) is 5.75 Å². The van der Waals surface area contributed by atoms with Crippen LogP contribution in [0.1, 0.15) is 25.0 Å². The molecule has 1 aromatic rings. The summed E-state index contributed by atoms with van der Waals surface area (Å²) in [5.41, 5.74) is 0.959. The second-order valence-corrected chi connectivity index (χ2v) is 4.28. The van der Waals surface area contributed by atoms with Crippen LogP contribution in [0.25, 0.3) is 0 Å². The Morgan fingerprint density at radius 1 is 1.29 bits per heavy atom. The number of hydrogen-bond donors (Lipinski definition) is 0. The predicted octanol–water partition coefficient (Wildman–Crippen LogP) is 3.43. The highest BCUT2D eigenvalue weighted by atomic mass is 19.1. The molecule has 0 radical (unpaired) electrons. The number of aryl methyl sites for hydroxylation is 2. The molecule has 78 valence electrons. The zero-order chi connectivity index (χ0) is 10.8. The van der Waals surface area contributed by atoms with Gasteiger partial charge in [-0.05, 0) is 39.3 Å². The molecule has 0 bridgehead atoms. The second kappa shape index (κ2) is 3.99. The van der Waals surface area contributed by atoms with E-state index in [2.05, 4.69) is 0 Å². The van der Waals surface area contributed by atoms with Crippen LogP contribution in [0.4, 0.5) is 4.39 Å². The number of halogens is 1. The Bertz CT molecular complexity index is 313. The van der Waals surface area contributed by atoms with Crippen molar-refractivity contribution in [3.63, 3.8) is 0 Å². The van der Waals surface area contributed by atoms with E-state index in [1.165, 1.54) is 19.4 Å². The summed E-state index contributed by atoms with van der Waals surface area (Å²) in [6.07, 6.45) is 0. The van der Waals surface area contributed by atoms with Crippen LogP contribution in [0.2, 0.25) is 0 Å². The molecule has 0 aliphatic heterocycles.